The highest BCUT2D eigenvalue weighted by atomic mass is 35.5. The molecule has 0 amide bonds. The molecule has 14 heavy (non-hydrogen) atoms. The van der Waals surface area contributed by atoms with Gasteiger partial charge in [0, 0.05) is 5.56 Å². The Bertz CT molecular complexity index is 390. The van der Waals surface area contributed by atoms with Crippen molar-refractivity contribution < 1.29 is 18.4 Å². The van der Waals surface area contributed by atoms with E-state index in [-0.39, 0.29) is 5.56 Å². The number of halogens is 3. The number of ketones is 2. The van der Waals surface area contributed by atoms with Crippen LogP contribution in [0.2, 0.25) is 0 Å². The van der Waals surface area contributed by atoms with Crippen molar-refractivity contribution in [1.29, 1.82) is 0 Å². The van der Waals surface area contributed by atoms with Crippen molar-refractivity contribution in [2.75, 3.05) is 5.88 Å². The summed E-state index contributed by atoms with van der Waals surface area (Å²) in [5, 5.41) is 0. The van der Waals surface area contributed by atoms with Crippen molar-refractivity contribution in [2.24, 2.45) is 0 Å². The Morgan fingerprint density at radius 1 is 1.21 bits per heavy atom. The SMILES string of the molecule is O=C(CCl)C(=O)c1ccc(F)c(F)c1. The first-order valence-corrected chi connectivity index (χ1v) is 4.18. The average Bonchev–Trinajstić information content (AvgIpc) is 2.20. The van der Waals surface area contributed by atoms with E-state index < -0.39 is 29.1 Å². The fourth-order valence-electron chi connectivity index (χ4n) is 0.859. The molecular formula is C9H5ClF2O2. The third-order valence-electron chi connectivity index (χ3n) is 1.56. The Kier molecular flexibility index (Phi) is 3.30. The number of rotatable bonds is 3. The number of hydrogen-bond donors (Lipinski definition) is 0. The maximum Gasteiger partial charge on any atom is 0.229 e. The molecule has 0 fully saturated rings. The molecule has 1 aromatic carbocycles. The molecule has 0 saturated heterocycles. The second kappa shape index (κ2) is 4.28. The van der Waals surface area contributed by atoms with Gasteiger partial charge in [-0.1, -0.05) is 0 Å². The normalized spacial score (nSPS) is 9.93. The van der Waals surface area contributed by atoms with E-state index in [0.717, 1.165) is 12.1 Å². The van der Waals surface area contributed by atoms with Crippen LogP contribution in [0.4, 0.5) is 8.78 Å². The van der Waals surface area contributed by atoms with Crippen LogP contribution < -0.4 is 0 Å². The summed E-state index contributed by atoms with van der Waals surface area (Å²) in [6.45, 7) is 0. The molecule has 0 radical (unpaired) electrons. The molecule has 0 bridgehead atoms. The van der Waals surface area contributed by atoms with Gasteiger partial charge in [0.05, 0.1) is 5.88 Å². The molecule has 0 aliphatic heterocycles. The molecule has 1 aromatic rings. The minimum absolute atomic E-state index is 0.199. The van der Waals surface area contributed by atoms with Gasteiger partial charge >= 0.3 is 0 Å². The molecule has 0 N–H and O–H groups in total. The van der Waals surface area contributed by atoms with Crippen LogP contribution in [-0.2, 0) is 4.79 Å². The lowest BCUT2D eigenvalue weighted by Gasteiger charge is -1.98. The van der Waals surface area contributed by atoms with Crippen molar-refractivity contribution >= 4 is 23.2 Å². The number of carbonyl (C=O) groups excluding carboxylic acids is 2. The fourth-order valence-corrected chi connectivity index (χ4v) is 0.980. The summed E-state index contributed by atoms with van der Waals surface area (Å²) in [4.78, 5) is 21.9. The molecule has 0 unspecified atom stereocenters. The van der Waals surface area contributed by atoms with Gasteiger partial charge in [-0.25, -0.2) is 8.78 Å². The number of benzene rings is 1. The van der Waals surface area contributed by atoms with E-state index in [9.17, 15) is 18.4 Å². The van der Waals surface area contributed by atoms with Crippen LogP contribution >= 0.6 is 11.6 Å². The summed E-state index contributed by atoms with van der Waals surface area (Å²) < 4.78 is 25.1. The maximum absolute atomic E-state index is 12.6. The Labute approximate surface area is 83.5 Å². The fraction of sp³-hybridized carbons (Fsp3) is 0.111. The van der Waals surface area contributed by atoms with Crippen LogP contribution in [-0.4, -0.2) is 17.4 Å². The lowest BCUT2D eigenvalue weighted by atomic mass is 10.1. The first kappa shape index (κ1) is 10.8. The van der Waals surface area contributed by atoms with Crippen molar-refractivity contribution in [3.63, 3.8) is 0 Å². The molecule has 74 valence electrons. The van der Waals surface area contributed by atoms with Gasteiger partial charge in [0.1, 0.15) is 0 Å². The van der Waals surface area contributed by atoms with E-state index in [1.165, 1.54) is 0 Å². The Balaban J connectivity index is 3.03. The predicted octanol–water partition coefficient (Wildman–Crippen LogP) is 1.96. The van der Waals surface area contributed by atoms with Crippen molar-refractivity contribution in [3.05, 3.63) is 35.4 Å². The first-order valence-electron chi connectivity index (χ1n) is 3.65. The van der Waals surface area contributed by atoms with E-state index >= 15 is 0 Å². The van der Waals surface area contributed by atoms with E-state index in [1.54, 1.807) is 0 Å². The number of hydrogen-bond acceptors (Lipinski definition) is 2. The topological polar surface area (TPSA) is 34.1 Å². The van der Waals surface area contributed by atoms with E-state index in [0.29, 0.717) is 6.07 Å². The second-order valence-corrected chi connectivity index (χ2v) is 2.78. The zero-order valence-corrected chi connectivity index (χ0v) is 7.65. The van der Waals surface area contributed by atoms with Crippen molar-refractivity contribution in [1.82, 2.24) is 0 Å². The molecule has 0 aliphatic rings. The van der Waals surface area contributed by atoms with E-state index in [4.69, 9.17) is 11.6 Å². The van der Waals surface area contributed by atoms with Crippen LogP contribution in [0.1, 0.15) is 10.4 Å². The Morgan fingerprint density at radius 3 is 2.36 bits per heavy atom. The standard InChI is InChI=1S/C9H5ClF2O2/c10-4-8(13)9(14)5-1-2-6(11)7(12)3-5/h1-3H,4H2. The van der Waals surface area contributed by atoms with Gasteiger partial charge < -0.3 is 0 Å². The van der Waals surface area contributed by atoms with Gasteiger partial charge in [0.2, 0.25) is 11.6 Å². The van der Waals surface area contributed by atoms with Gasteiger partial charge in [-0.15, -0.1) is 11.6 Å². The summed E-state index contributed by atoms with van der Waals surface area (Å²) in [7, 11) is 0. The molecule has 0 aromatic heterocycles. The highest BCUT2D eigenvalue weighted by Gasteiger charge is 2.16. The Hall–Kier alpha value is -1.29. The average molecular weight is 219 g/mol. The smallest absolute Gasteiger partial charge is 0.229 e. The maximum atomic E-state index is 12.6. The summed E-state index contributed by atoms with van der Waals surface area (Å²) >= 11 is 5.13. The molecular weight excluding hydrogens is 214 g/mol. The van der Waals surface area contributed by atoms with Gasteiger partial charge in [-0.05, 0) is 18.2 Å². The molecule has 0 spiro atoms. The minimum Gasteiger partial charge on any atom is -0.289 e. The lowest BCUT2D eigenvalue weighted by molar-refractivity contribution is -0.112. The molecule has 0 atom stereocenters. The minimum atomic E-state index is -1.17. The van der Waals surface area contributed by atoms with Crippen LogP contribution in [0.15, 0.2) is 18.2 Å². The molecule has 1 rings (SSSR count). The van der Waals surface area contributed by atoms with Crippen molar-refractivity contribution in [3.8, 4) is 0 Å². The number of carbonyl (C=O) groups is 2. The highest BCUT2D eigenvalue weighted by Crippen LogP contribution is 2.09. The second-order valence-electron chi connectivity index (χ2n) is 2.51. The Morgan fingerprint density at radius 2 is 1.86 bits per heavy atom. The largest absolute Gasteiger partial charge is 0.289 e. The van der Waals surface area contributed by atoms with E-state index in [1.807, 2.05) is 0 Å². The zero-order valence-electron chi connectivity index (χ0n) is 6.89. The van der Waals surface area contributed by atoms with Gasteiger partial charge in [0.25, 0.3) is 0 Å². The number of Topliss-reactive ketones (excluding diaryl/α,β-unsaturated/α-hetero) is 2. The van der Waals surface area contributed by atoms with Crippen LogP contribution in [0.25, 0.3) is 0 Å². The third-order valence-corrected chi connectivity index (χ3v) is 1.80. The van der Waals surface area contributed by atoms with E-state index in [2.05, 4.69) is 0 Å². The van der Waals surface area contributed by atoms with Crippen molar-refractivity contribution in [2.45, 2.75) is 0 Å². The van der Waals surface area contributed by atoms with Crippen LogP contribution in [0, 0.1) is 11.6 Å². The molecule has 0 heterocycles. The predicted molar refractivity (Wildman–Crippen MR) is 46.4 cm³/mol. The van der Waals surface area contributed by atoms with Crippen LogP contribution in [0.5, 0.6) is 0 Å². The zero-order chi connectivity index (χ0) is 10.7. The van der Waals surface area contributed by atoms with Gasteiger partial charge in [0.15, 0.2) is 11.6 Å². The van der Waals surface area contributed by atoms with Crippen LogP contribution in [0.3, 0.4) is 0 Å². The lowest BCUT2D eigenvalue weighted by Crippen LogP contribution is -2.15. The molecule has 0 saturated carbocycles. The molecule has 2 nitrogen and oxygen atoms in total. The molecule has 0 aliphatic carbocycles. The third kappa shape index (κ3) is 2.14. The summed E-state index contributed by atoms with van der Waals surface area (Å²) in [6, 6.07) is 2.48. The van der Waals surface area contributed by atoms with Gasteiger partial charge in [-0.2, -0.15) is 0 Å². The monoisotopic (exact) mass is 218 g/mol. The first-order chi connectivity index (χ1) is 6.56. The summed E-state index contributed by atoms with van der Waals surface area (Å²) in [6.07, 6.45) is 0. The quantitative estimate of drug-likeness (QED) is 0.442. The number of alkyl halides is 1. The van der Waals surface area contributed by atoms with Gasteiger partial charge in [-0.3, -0.25) is 9.59 Å². The summed E-state index contributed by atoms with van der Waals surface area (Å²) in [5.74, 6) is -4.48. The summed E-state index contributed by atoms with van der Waals surface area (Å²) in [5.41, 5.74) is -0.199. The highest BCUT2D eigenvalue weighted by molar-refractivity contribution is 6.51. The molecule has 5 heteroatoms.